The second-order valence-electron chi connectivity index (χ2n) is 6.95. The van der Waals surface area contributed by atoms with Gasteiger partial charge in [0.15, 0.2) is 5.78 Å². The molecule has 1 aliphatic rings. The van der Waals surface area contributed by atoms with Gasteiger partial charge in [-0.1, -0.05) is 30.3 Å². The molecule has 1 aliphatic heterocycles. The highest BCUT2D eigenvalue weighted by Crippen LogP contribution is 2.22. The number of methoxy groups -OCH3 is 1. The van der Waals surface area contributed by atoms with Crippen molar-refractivity contribution in [2.75, 3.05) is 33.4 Å². The van der Waals surface area contributed by atoms with E-state index in [1.807, 2.05) is 54.6 Å². The fourth-order valence-corrected chi connectivity index (χ4v) is 3.43. The lowest BCUT2D eigenvalue weighted by molar-refractivity contribution is 0.0524. The number of hydrogen-bond donors (Lipinski definition) is 1. The van der Waals surface area contributed by atoms with Crippen molar-refractivity contribution in [1.82, 2.24) is 4.90 Å². The minimum Gasteiger partial charge on any atom is -0.497 e. The van der Waals surface area contributed by atoms with Crippen LogP contribution < -0.4 is 9.47 Å². The van der Waals surface area contributed by atoms with E-state index < -0.39 is 6.10 Å². The molecule has 3 rings (SSSR count). The summed E-state index contributed by atoms with van der Waals surface area (Å²) in [7, 11) is 1.62. The molecule has 0 saturated carbocycles. The number of hydrogen-bond acceptors (Lipinski definition) is 5. The Morgan fingerprint density at radius 3 is 2.33 bits per heavy atom. The first-order valence-corrected chi connectivity index (χ1v) is 9.42. The van der Waals surface area contributed by atoms with Crippen molar-refractivity contribution in [3.63, 3.8) is 0 Å². The molecule has 0 bridgehead atoms. The predicted molar refractivity (Wildman–Crippen MR) is 104 cm³/mol. The van der Waals surface area contributed by atoms with Gasteiger partial charge in [-0.05, 0) is 50.2 Å². The SMILES string of the molecule is COc1ccc(OCC(O)CN2CCC(C(=O)c3ccccc3)CC2)cc1. The van der Waals surface area contributed by atoms with Crippen LogP contribution in [0.15, 0.2) is 54.6 Å². The molecule has 5 heteroatoms. The van der Waals surface area contributed by atoms with Gasteiger partial charge in [0.05, 0.1) is 7.11 Å². The van der Waals surface area contributed by atoms with Gasteiger partial charge in [0, 0.05) is 18.0 Å². The van der Waals surface area contributed by atoms with Crippen molar-refractivity contribution >= 4 is 5.78 Å². The van der Waals surface area contributed by atoms with E-state index in [-0.39, 0.29) is 18.3 Å². The summed E-state index contributed by atoms with van der Waals surface area (Å²) in [5.41, 5.74) is 0.795. The fourth-order valence-electron chi connectivity index (χ4n) is 3.43. The van der Waals surface area contributed by atoms with E-state index in [1.165, 1.54) is 0 Å². The molecule has 1 unspecified atom stereocenters. The third-order valence-corrected chi connectivity index (χ3v) is 4.99. The summed E-state index contributed by atoms with van der Waals surface area (Å²) in [5, 5.41) is 10.3. The minimum atomic E-state index is -0.562. The van der Waals surface area contributed by atoms with Crippen LogP contribution >= 0.6 is 0 Å². The van der Waals surface area contributed by atoms with Gasteiger partial charge in [0.25, 0.3) is 0 Å². The lowest BCUT2D eigenvalue weighted by atomic mass is 9.89. The first kappa shape index (κ1) is 19.4. The van der Waals surface area contributed by atoms with Crippen LogP contribution in [-0.4, -0.2) is 55.2 Å². The van der Waals surface area contributed by atoms with Gasteiger partial charge < -0.3 is 19.5 Å². The number of carbonyl (C=O) groups is 1. The van der Waals surface area contributed by atoms with Crippen LogP contribution in [0.25, 0.3) is 0 Å². The molecule has 1 heterocycles. The molecule has 0 aliphatic carbocycles. The Hall–Kier alpha value is -2.37. The van der Waals surface area contributed by atoms with E-state index in [1.54, 1.807) is 7.11 Å². The molecule has 0 radical (unpaired) electrons. The molecule has 0 spiro atoms. The molecule has 1 saturated heterocycles. The Labute approximate surface area is 160 Å². The van der Waals surface area contributed by atoms with Gasteiger partial charge in [0.1, 0.15) is 24.2 Å². The number of rotatable bonds is 8. The zero-order chi connectivity index (χ0) is 19.1. The molecule has 2 aromatic rings. The molecular weight excluding hydrogens is 342 g/mol. The van der Waals surface area contributed by atoms with Crippen molar-refractivity contribution in [3.05, 3.63) is 60.2 Å². The summed E-state index contributed by atoms with van der Waals surface area (Å²) in [6.07, 6.45) is 1.10. The number of ether oxygens (including phenoxy) is 2. The van der Waals surface area contributed by atoms with E-state index in [4.69, 9.17) is 9.47 Å². The van der Waals surface area contributed by atoms with E-state index in [9.17, 15) is 9.90 Å². The molecule has 0 amide bonds. The summed E-state index contributed by atoms with van der Waals surface area (Å²) in [6, 6.07) is 16.8. The Kier molecular flexibility index (Phi) is 6.85. The van der Waals surface area contributed by atoms with Crippen molar-refractivity contribution in [1.29, 1.82) is 0 Å². The molecular formula is C22H27NO4. The summed E-state index contributed by atoms with van der Waals surface area (Å²) in [4.78, 5) is 14.7. The van der Waals surface area contributed by atoms with Crippen molar-refractivity contribution in [2.24, 2.45) is 5.92 Å². The molecule has 27 heavy (non-hydrogen) atoms. The highest BCUT2D eigenvalue weighted by Gasteiger charge is 2.26. The Balaban J connectivity index is 1.40. The lowest BCUT2D eigenvalue weighted by Gasteiger charge is -2.32. The third-order valence-electron chi connectivity index (χ3n) is 4.99. The number of Topliss-reactive ketones (excluding diaryl/α,β-unsaturated/α-hetero) is 1. The number of aliphatic hydroxyl groups is 1. The average molecular weight is 369 g/mol. The summed E-state index contributed by atoms with van der Waals surface area (Å²) in [5.74, 6) is 1.80. The second kappa shape index (κ2) is 9.53. The van der Waals surface area contributed by atoms with Crippen molar-refractivity contribution < 1.29 is 19.4 Å². The molecule has 1 atom stereocenters. The molecule has 1 fully saturated rings. The summed E-state index contributed by atoms with van der Waals surface area (Å²) >= 11 is 0. The Morgan fingerprint density at radius 1 is 1.07 bits per heavy atom. The van der Waals surface area contributed by atoms with Crippen LogP contribution in [0.1, 0.15) is 23.2 Å². The number of piperidine rings is 1. The van der Waals surface area contributed by atoms with Gasteiger partial charge in [-0.3, -0.25) is 4.79 Å². The minimum absolute atomic E-state index is 0.0799. The molecule has 144 valence electrons. The van der Waals surface area contributed by atoms with Crippen LogP contribution in [0.3, 0.4) is 0 Å². The maximum atomic E-state index is 12.5. The molecule has 5 nitrogen and oxygen atoms in total. The number of aliphatic hydroxyl groups excluding tert-OH is 1. The Morgan fingerprint density at radius 2 is 1.70 bits per heavy atom. The van der Waals surface area contributed by atoms with Crippen molar-refractivity contribution in [2.45, 2.75) is 18.9 Å². The smallest absolute Gasteiger partial charge is 0.166 e. The first-order chi connectivity index (χ1) is 13.2. The summed E-state index contributed by atoms with van der Waals surface area (Å²) < 4.78 is 10.8. The fraction of sp³-hybridized carbons (Fsp3) is 0.409. The topological polar surface area (TPSA) is 59.0 Å². The van der Waals surface area contributed by atoms with Crippen LogP contribution in [-0.2, 0) is 0 Å². The van der Waals surface area contributed by atoms with E-state index in [0.717, 1.165) is 37.2 Å². The number of β-amino-alcohol motifs (C(OH)–C–C–N with tert-alkyl or cyclic N) is 1. The first-order valence-electron chi connectivity index (χ1n) is 9.42. The number of benzene rings is 2. The maximum absolute atomic E-state index is 12.5. The Bertz CT molecular complexity index is 709. The largest absolute Gasteiger partial charge is 0.497 e. The number of likely N-dealkylation sites (tertiary alicyclic amines) is 1. The third kappa shape index (κ3) is 5.55. The number of nitrogens with zero attached hydrogens (tertiary/aromatic N) is 1. The predicted octanol–water partition coefficient (Wildman–Crippen LogP) is 3.03. The molecule has 2 aromatic carbocycles. The van der Waals surface area contributed by atoms with Crippen LogP contribution in [0.2, 0.25) is 0 Å². The normalized spacial score (nSPS) is 16.7. The summed E-state index contributed by atoms with van der Waals surface area (Å²) in [6.45, 7) is 2.45. The van der Waals surface area contributed by atoms with Gasteiger partial charge >= 0.3 is 0 Å². The number of ketones is 1. The van der Waals surface area contributed by atoms with Gasteiger partial charge in [-0.25, -0.2) is 0 Å². The zero-order valence-electron chi connectivity index (χ0n) is 15.7. The second-order valence-corrected chi connectivity index (χ2v) is 6.95. The van der Waals surface area contributed by atoms with E-state index in [0.29, 0.717) is 12.3 Å². The van der Waals surface area contributed by atoms with E-state index >= 15 is 0 Å². The zero-order valence-corrected chi connectivity index (χ0v) is 15.7. The quantitative estimate of drug-likeness (QED) is 0.725. The van der Waals surface area contributed by atoms with E-state index in [2.05, 4.69) is 4.90 Å². The standard InChI is InChI=1S/C22H27NO4/c1-26-20-7-9-21(10-8-20)27-16-19(24)15-23-13-11-18(12-14-23)22(25)17-5-3-2-4-6-17/h2-10,18-19,24H,11-16H2,1H3. The van der Waals surface area contributed by atoms with Crippen molar-refractivity contribution in [3.8, 4) is 11.5 Å². The highest BCUT2D eigenvalue weighted by molar-refractivity contribution is 5.97. The van der Waals surface area contributed by atoms with Gasteiger partial charge in [-0.2, -0.15) is 0 Å². The van der Waals surface area contributed by atoms with Crippen LogP contribution in [0, 0.1) is 5.92 Å². The van der Waals surface area contributed by atoms with Crippen LogP contribution in [0.4, 0.5) is 0 Å². The highest BCUT2D eigenvalue weighted by atomic mass is 16.5. The van der Waals surface area contributed by atoms with Gasteiger partial charge in [0.2, 0.25) is 0 Å². The molecule has 0 aromatic heterocycles. The monoisotopic (exact) mass is 369 g/mol. The van der Waals surface area contributed by atoms with Crippen LogP contribution in [0.5, 0.6) is 11.5 Å². The number of carbonyl (C=O) groups excluding carboxylic acids is 1. The maximum Gasteiger partial charge on any atom is 0.166 e. The average Bonchev–Trinajstić information content (AvgIpc) is 2.73. The van der Waals surface area contributed by atoms with Gasteiger partial charge in [-0.15, -0.1) is 0 Å². The lowest BCUT2D eigenvalue weighted by Crippen LogP contribution is -2.42. The molecule has 1 N–H and O–H groups in total.